The Morgan fingerprint density at radius 2 is 1.56 bits per heavy atom. The van der Waals surface area contributed by atoms with Gasteiger partial charge < -0.3 is 10.0 Å². The predicted octanol–water partition coefficient (Wildman–Crippen LogP) is 1.70. The molecule has 2 N–H and O–H groups in total. The quantitative estimate of drug-likeness (QED) is 0.617. The van der Waals surface area contributed by atoms with Crippen LogP contribution in [0.4, 0.5) is 5.69 Å². The van der Waals surface area contributed by atoms with Crippen molar-refractivity contribution >= 4 is 43.1 Å². The number of sulfone groups is 1. The van der Waals surface area contributed by atoms with Crippen LogP contribution in [0.5, 0.6) is 0 Å². The highest BCUT2D eigenvalue weighted by molar-refractivity contribution is 7.92. The van der Waals surface area contributed by atoms with Gasteiger partial charge in [0, 0.05) is 55.6 Å². The molecule has 174 valence electrons. The number of sulfonamides is 1. The maximum Gasteiger partial charge on any atom is 0.261 e. The molecule has 0 aliphatic carbocycles. The van der Waals surface area contributed by atoms with Gasteiger partial charge in [-0.25, -0.2) is 16.8 Å². The average molecular weight is 502 g/mol. The Bertz CT molecular complexity index is 1210. The van der Waals surface area contributed by atoms with E-state index in [1.807, 2.05) is 0 Å². The van der Waals surface area contributed by atoms with Gasteiger partial charge in [0.05, 0.1) is 9.79 Å². The lowest BCUT2D eigenvalue weighted by atomic mass is 10.1. The van der Waals surface area contributed by atoms with E-state index < -0.39 is 26.1 Å². The number of aliphatic hydroxyl groups excluding tert-OH is 1. The summed E-state index contributed by atoms with van der Waals surface area (Å²) in [4.78, 5) is 14.8. The smallest absolute Gasteiger partial charge is 0.261 e. The van der Waals surface area contributed by atoms with E-state index >= 15 is 0 Å². The van der Waals surface area contributed by atoms with Gasteiger partial charge in [0.25, 0.3) is 10.0 Å². The Morgan fingerprint density at radius 1 is 1.00 bits per heavy atom. The first-order valence-corrected chi connectivity index (χ1v) is 13.4. The zero-order chi connectivity index (χ0) is 23.7. The molecule has 2 aromatic rings. The maximum atomic E-state index is 12.9. The summed E-state index contributed by atoms with van der Waals surface area (Å²) in [7, 11) is -7.43. The number of benzene rings is 2. The van der Waals surface area contributed by atoms with Gasteiger partial charge >= 0.3 is 0 Å². The van der Waals surface area contributed by atoms with Crippen molar-refractivity contribution < 1.29 is 26.7 Å². The molecule has 1 atom stereocenters. The molecule has 9 nitrogen and oxygen atoms in total. The van der Waals surface area contributed by atoms with E-state index in [9.17, 15) is 26.7 Å². The molecule has 0 bridgehead atoms. The summed E-state index contributed by atoms with van der Waals surface area (Å²) in [5.74, 6) is -0.0408. The third kappa shape index (κ3) is 5.59. The first-order chi connectivity index (χ1) is 14.9. The van der Waals surface area contributed by atoms with Crippen LogP contribution in [0, 0.1) is 0 Å². The number of aliphatic hydroxyl groups is 1. The molecule has 0 aromatic heterocycles. The molecule has 0 radical (unpaired) electrons. The monoisotopic (exact) mass is 501 g/mol. The van der Waals surface area contributed by atoms with Crippen molar-refractivity contribution in [3.63, 3.8) is 0 Å². The van der Waals surface area contributed by atoms with E-state index in [2.05, 4.69) is 4.72 Å². The summed E-state index contributed by atoms with van der Waals surface area (Å²) in [6.07, 6.45) is -0.0759. The number of hydrogen-bond acceptors (Lipinski definition) is 7. The van der Waals surface area contributed by atoms with Crippen molar-refractivity contribution in [1.29, 1.82) is 0 Å². The number of carbonyl (C=O) groups is 1. The minimum absolute atomic E-state index is 0.0408. The van der Waals surface area contributed by atoms with Crippen LogP contribution in [0.1, 0.15) is 18.7 Å². The van der Waals surface area contributed by atoms with E-state index in [-0.39, 0.29) is 32.0 Å². The molecule has 1 aliphatic rings. The number of piperazine rings is 1. The predicted molar refractivity (Wildman–Crippen MR) is 121 cm³/mol. The molecule has 1 amide bonds. The van der Waals surface area contributed by atoms with Crippen LogP contribution in [-0.2, 0) is 24.7 Å². The van der Waals surface area contributed by atoms with Crippen LogP contribution in [0.25, 0.3) is 0 Å². The van der Waals surface area contributed by atoms with Crippen LogP contribution in [-0.4, -0.2) is 70.1 Å². The van der Waals surface area contributed by atoms with Gasteiger partial charge in [-0.05, 0) is 42.5 Å². The topological polar surface area (TPSA) is 124 Å². The average Bonchev–Trinajstić information content (AvgIpc) is 2.73. The SMILES string of the molecule is CC(=O)N1CCN(C(O)c2cc(S(=O)(=O)Nc3ccc(S(C)(=O)=O)cc3)ccc2Cl)CC1. The molecule has 0 spiro atoms. The number of rotatable bonds is 6. The summed E-state index contributed by atoms with van der Waals surface area (Å²) < 4.78 is 51.2. The number of nitrogens with zero attached hydrogens (tertiary/aromatic N) is 2. The van der Waals surface area contributed by atoms with Crippen LogP contribution >= 0.6 is 11.6 Å². The second-order valence-electron chi connectivity index (χ2n) is 7.50. The third-order valence-electron chi connectivity index (χ3n) is 5.20. The fraction of sp³-hybridized carbons (Fsp3) is 0.350. The number of nitrogens with one attached hydrogen (secondary N) is 1. The second-order valence-corrected chi connectivity index (χ2v) is 11.6. The van der Waals surface area contributed by atoms with E-state index in [0.717, 1.165) is 6.26 Å². The van der Waals surface area contributed by atoms with Gasteiger partial charge in [0.2, 0.25) is 5.91 Å². The lowest BCUT2D eigenvalue weighted by Crippen LogP contribution is -2.49. The zero-order valence-electron chi connectivity index (χ0n) is 17.5. The molecule has 32 heavy (non-hydrogen) atoms. The number of hydrogen-bond donors (Lipinski definition) is 2. The Morgan fingerprint density at radius 3 is 2.09 bits per heavy atom. The van der Waals surface area contributed by atoms with Gasteiger partial charge in [-0.15, -0.1) is 0 Å². The lowest BCUT2D eigenvalue weighted by molar-refractivity contribution is -0.132. The molecule has 12 heteroatoms. The van der Waals surface area contributed by atoms with E-state index in [4.69, 9.17) is 11.6 Å². The van der Waals surface area contributed by atoms with Crippen molar-refractivity contribution in [2.24, 2.45) is 0 Å². The first kappa shape index (κ1) is 24.5. The number of amides is 1. The van der Waals surface area contributed by atoms with Crippen LogP contribution in [0.3, 0.4) is 0 Å². The maximum absolute atomic E-state index is 12.9. The van der Waals surface area contributed by atoms with E-state index in [1.54, 1.807) is 9.80 Å². The Balaban J connectivity index is 1.80. The minimum Gasteiger partial charge on any atom is -0.374 e. The molecular weight excluding hydrogens is 478 g/mol. The van der Waals surface area contributed by atoms with E-state index in [0.29, 0.717) is 26.2 Å². The van der Waals surface area contributed by atoms with Crippen LogP contribution in [0.15, 0.2) is 52.3 Å². The van der Waals surface area contributed by atoms with Gasteiger partial charge in [0.15, 0.2) is 9.84 Å². The van der Waals surface area contributed by atoms with Gasteiger partial charge in [-0.1, -0.05) is 11.6 Å². The number of anilines is 1. The highest BCUT2D eigenvalue weighted by atomic mass is 35.5. The van der Waals surface area contributed by atoms with E-state index in [1.165, 1.54) is 49.4 Å². The summed E-state index contributed by atoms with van der Waals surface area (Å²) in [5, 5.41) is 11.0. The molecule has 3 rings (SSSR count). The fourth-order valence-electron chi connectivity index (χ4n) is 3.35. The standard InChI is InChI=1S/C20H24ClN3O6S2/c1-14(25)23-9-11-24(12-10-23)20(26)18-13-17(7-8-19(18)21)32(29,30)22-15-3-5-16(6-4-15)31(2,27)28/h3-8,13,20,22,26H,9-12H2,1-2H3. The third-order valence-corrected chi connectivity index (χ3v) is 8.05. The highest BCUT2D eigenvalue weighted by Gasteiger charge is 2.27. The second kappa shape index (κ2) is 9.36. The Kier molecular flexibility index (Phi) is 7.15. The van der Waals surface area contributed by atoms with Crippen LogP contribution < -0.4 is 4.72 Å². The number of halogens is 1. The van der Waals surface area contributed by atoms with Crippen molar-refractivity contribution in [2.45, 2.75) is 22.9 Å². The van der Waals surface area contributed by atoms with Crippen molar-refractivity contribution in [3.05, 3.63) is 53.1 Å². The molecular formula is C20H24ClN3O6S2. The van der Waals surface area contributed by atoms with Gasteiger partial charge in [-0.2, -0.15) is 0 Å². The number of carbonyl (C=O) groups excluding carboxylic acids is 1. The van der Waals surface area contributed by atoms with Crippen molar-refractivity contribution in [1.82, 2.24) is 9.80 Å². The molecule has 1 unspecified atom stereocenters. The fourth-order valence-corrected chi connectivity index (χ4v) is 5.29. The molecule has 1 fully saturated rings. The highest BCUT2D eigenvalue weighted by Crippen LogP contribution is 2.30. The van der Waals surface area contributed by atoms with Gasteiger partial charge in [-0.3, -0.25) is 14.4 Å². The molecule has 0 saturated carbocycles. The Hall–Kier alpha value is -2.18. The van der Waals surface area contributed by atoms with Gasteiger partial charge in [0.1, 0.15) is 6.23 Å². The molecule has 1 aliphatic heterocycles. The van der Waals surface area contributed by atoms with Crippen molar-refractivity contribution in [3.8, 4) is 0 Å². The molecule has 1 saturated heterocycles. The van der Waals surface area contributed by atoms with Crippen LogP contribution in [0.2, 0.25) is 5.02 Å². The summed E-state index contributed by atoms with van der Waals surface area (Å²) >= 11 is 6.24. The minimum atomic E-state index is -4.03. The zero-order valence-corrected chi connectivity index (χ0v) is 19.9. The summed E-state index contributed by atoms with van der Waals surface area (Å²) in [5.41, 5.74) is 0.424. The first-order valence-electron chi connectivity index (χ1n) is 9.68. The lowest BCUT2D eigenvalue weighted by Gasteiger charge is -2.37. The van der Waals surface area contributed by atoms with Crippen molar-refractivity contribution in [2.75, 3.05) is 37.2 Å². The largest absolute Gasteiger partial charge is 0.374 e. The Labute approximate surface area is 192 Å². The molecule has 1 heterocycles. The summed E-state index contributed by atoms with van der Waals surface area (Å²) in [6, 6.07) is 9.35. The molecule has 2 aromatic carbocycles. The summed E-state index contributed by atoms with van der Waals surface area (Å²) in [6.45, 7) is 3.22. The normalized spacial score (nSPS) is 16.6.